The largest absolute Gasteiger partial charge is 0.310 e. The SMILES string of the molecule is CCNC(Cc1ccc(CC)cc1)c1cccnc1C. The smallest absolute Gasteiger partial charge is 0.0420 e. The van der Waals surface area contributed by atoms with E-state index in [-0.39, 0.29) is 0 Å². The minimum Gasteiger partial charge on any atom is -0.310 e. The van der Waals surface area contributed by atoms with Crippen LogP contribution in [0.3, 0.4) is 0 Å². The van der Waals surface area contributed by atoms with Crippen molar-refractivity contribution in [2.24, 2.45) is 0 Å². The van der Waals surface area contributed by atoms with E-state index in [0.717, 1.165) is 25.1 Å². The summed E-state index contributed by atoms with van der Waals surface area (Å²) >= 11 is 0. The molecule has 0 amide bonds. The highest BCUT2D eigenvalue weighted by Crippen LogP contribution is 2.20. The van der Waals surface area contributed by atoms with Crippen molar-refractivity contribution in [3.8, 4) is 0 Å². The Morgan fingerprint density at radius 1 is 1.05 bits per heavy atom. The number of rotatable bonds is 6. The van der Waals surface area contributed by atoms with Crippen LogP contribution in [-0.4, -0.2) is 11.5 Å². The maximum Gasteiger partial charge on any atom is 0.0420 e. The zero-order valence-electron chi connectivity index (χ0n) is 12.7. The Labute approximate surface area is 122 Å². The number of hydrogen-bond acceptors (Lipinski definition) is 2. The van der Waals surface area contributed by atoms with Crippen LogP contribution in [0, 0.1) is 6.92 Å². The van der Waals surface area contributed by atoms with Gasteiger partial charge in [-0.1, -0.05) is 44.2 Å². The molecule has 0 aliphatic rings. The van der Waals surface area contributed by atoms with E-state index < -0.39 is 0 Å². The highest BCUT2D eigenvalue weighted by atomic mass is 14.9. The van der Waals surface area contributed by atoms with Crippen molar-refractivity contribution in [3.63, 3.8) is 0 Å². The molecule has 1 N–H and O–H groups in total. The minimum absolute atomic E-state index is 0.334. The van der Waals surface area contributed by atoms with Crippen molar-refractivity contribution in [1.29, 1.82) is 0 Å². The van der Waals surface area contributed by atoms with Crippen molar-refractivity contribution in [2.75, 3.05) is 6.54 Å². The van der Waals surface area contributed by atoms with E-state index in [1.54, 1.807) is 0 Å². The number of likely N-dealkylation sites (N-methyl/N-ethyl adjacent to an activating group) is 1. The average Bonchev–Trinajstić information content (AvgIpc) is 2.48. The predicted molar refractivity (Wildman–Crippen MR) is 84.9 cm³/mol. The summed E-state index contributed by atoms with van der Waals surface area (Å²) in [5.41, 5.74) is 5.18. The van der Waals surface area contributed by atoms with Crippen LogP contribution in [0.1, 0.15) is 42.3 Å². The Morgan fingerprint density at radius 2 is 1.75 bits per heavy atom. The van der Waals surface area contributed by atoms with E-state index >= 15 is 0 Å². The molecule has 0 saturated carbocycles. The summed E-state index contributed by atoms with van der Waals surface area (Å²) in [4.78, 5) is 4.41. The summed E-state index contributed by atoms with van der Waals surface area (Å²) < 4.78 is 0. The lowest BCUT2D eigenvalue weighted by Crippen LogP contribution is -2.24. The Kier molecular flexibility index (Phi) is 5.31. The molecule has 0 aliphatic heterocycles. The van der Waals surface area contributed by atoms with Crippen LogP contribution in [0.25, 0.3) is 0 Å². The van der Waals surface area contributed by atoms with E-state index in [2.05, 4.69) is 61.4 Å². The first-order valence-electron chi connectivity index (χ1n) is 7.47. The molecule has 0 spiro atoms. The van der Waals surface area contributed by atoms with Gasteiger partial charge >= 0.3 is 0 Å². The summed E-state index contributed by atoms with van der Waals surface area (Å²) in [7, 11) is 0. The first-order valence-corrected chi connectivity index (χ1v) is 7.47. The maximum absolute atomic E-state index is 4.41. The molecule has 0 fully saturated rings. The molecule has 106 valence electrons. The topological polar surface area (TPSA) is 24.9 Å². The third-order valence-electron chi connectivity index (χ3n) is 3.74. The lowest BCUT2D eigenvalue weighted by molar-refractivity contribution is 0.545. The second-order valence-electron chi connectivity index (χ2n) is 5.16. The van der Waals surface area contributed by atoms with Gasteiger partial charge in [0, 0.05) is 17.9 Å². The molecular formula is C18H24N2. The van der Waals surface area contributed by atoms with Gasteiger partial charge in [-0.3, -0.25) is 4.98 Å². The fourth-order valence-electron chi connectivity index (χ4n) is 2.55. The van der Waals surface area contributed by atoms with Crippen LogP contribution in [0.4, 0.5) is 0 Å². The van der Waals surface area contributed by atoms with E-state index in [9.17, 15) is 0 Å². The average molecular weight is 268 g/mol. The third kappa shape index (κ3) is 3.67. The number of hydrogen-bond donors (Lipinski definition) is 1. The number of aryl methyl sites for hydroxylation is 2. The van der Waals surface area contributed by atoms with E-state index in [0.29, 0.717) is 6.04 Å². The van der Waals surface area contributed by atoms with Crippen molar-refractivity contribution in [3.05, 3.63) is 65.0 Å². The van der Waals surface area contributed by atoms with Gasteiger partial charge in [0.15, 0.2) is 0 Å². The Balaban J connectivity index is 2.18. The fraction of sp³-hybridized carbons (Fsp3) is 0.389. The van der Waals surface area contributed by atoms with Crippen LogP contribution in [0.2, 0.25) is 0 Å². The first-order chi connectivity index (χ1) is 9.74. The number of pyridine rings is 1. The van der Waals surface area contributed by atoms with Crippen LogP contribution < -0.4 is 5.32 Å². The number of nitrogens with one attached hydrogen (secondary N) is 1. The standard InChI is InChI=1S/C18H24N2/c1-4-15-8-10-16(11-9-15)13-18(19-5-2)17-7-6-12-20-14(17)3/h6-12,18-19H,4-5,13H2,1-3H3. The van der Waals surface area contributed by atoms with E-state index in [1.807, 2.05) is 12.3 Å². The molecule has 20 heavy (non-hydrogen) atoms. The van der Waals surface area contributed by atoms with E-state index in [4.69, 9.17) is 0 Å². The molecule has 1 atom stereocenters. The van der Waals surface area contributed by atoms with Gasteiger partial charge in [0.2, 0.25) is 0 Å². The number of aromatic nitrogens is 1. The van der Waals surface area contributed by atoms with Crippen LogP contribution in [0.15, 0.2) is 42.6 Å². The summed E-state index contributed by atoms with van der Waals surface area (Å²) in [6.45, 7) is 7.39. The number of nitrogens with zero attached hydrogens (tertiary/aromatic N) is 1. The summed E-state index contributed by atoms with van der Waals surface area (Å²) in [5.74, 6) is 0. The quantitative estimate of drug-likeness (QED) is 0.861. The van der Waals surface area contributed by atoms with Gasteiger partial charge in [0.1, 0.15) is 0 Å². The lowest BCUT2D eigenvalue weighted by Gasteiger charge is -2.20. The van der Waals surface area contributed by atoms with Crippen molar-refractivity contribution in [2.45, 2.75) is 39.7 Å². The Morgan fingerprint density at radius 3 is 2.35 bits per heavy atom. The molecule has 2 aromatic rings. The molecule has 2 rings (SSSR count). The summed E-state index contributed by atoms with van der Waals surface area (Å²) in [6, 6.07) is 13.5. The molecule has 2 nitrogen and oxygen atoms in total. The van der Waals surface area contributed by atoms with Gasteiger partial charge in [-0.05, 0) is 49.1 Å². The van der Waals surface area contributed by atoms with Gasteiger partial charge < -0.3 is 5.32 Å². The molecule has 1 heterocycles. The molecule has 0 saturated heterocycles. The predicted octanol–water partition coefficient (Wildman–Crippen LogP) is 3.85. The van der Waals surface area contributed by atoms with Gasteiger partial charge in [-0.25, -0.2) is 0 Å². The van der Waals surface area contributed by atoms with Crippen molar-refractivity contribution < 1.29 is 0 Å². The maximum atomic E-state index is 4.41. The minimum atomic E-state index is 0.334. The Hall–Kier alpha value is -1.67. The molecule has 0 aliphatic carbocycles. The highest BCUT2D eigenvalue weighted by Gasteiger charge is 2.13. The lowest BCUT2D eigenvalue weighted by atomic mass is 9.97. The molecule has 0 bridgehead atoms. The highest BCUT2D eigenvalue weighted by molar-refractivity contribution is 5.28. The fourth-order valence-corrected chi connectivity index (χ4v) is 2.55. The second-order valence-corrected chi connectivity index (χ2v) is 5.16. The van der Waals surface area contributed by atoms with Gasteiger partial charge in [0.05, 0.1) is 0 Å². The van der Waals surface area contributed by atoms with Gasteiger partial charge in [-0.2, -0.15) is 0 Å². The van der Waals surface area contributed by atoms with Crippen molar-refractivity contribution in [1.82, 2.24) is 10.3 Å². The third-order valence-corrected chi connectivity index (χ3v) is 3.74. The second kappa shape index (κ2) is 7.20. The molecule has 1 unspecified atom stereocenters. The summed E-state index contributed by atoms with van der Waals surface area (Å²) in [6.07, 6.45) is 3.96. The van der Waals surface area contributed by atoms with Gasteiger partial charge in [0.25, 0.3) is 0 Å². The molecule has 1 aromatic carbocycles. The van der Waals surface area contributed by atoms with Crippen LogP contribution in [-0.2, 0) is 12.8 Å². The van der Waals surface area contributed by atoms with Crippen LogP contribution in [0.5, 0.6) is 0 Å². The zero-order valence-corrected chi connectivity index (χ0v) is 12.7. The Bertz CT molecular complexity index is 531. The normalized spacial score (nSPS) is 12.3. The van der Waals surface area contributed by atoms with Gasteiger partial charge in [-0.15, -0.1) is 0 Å². The molecule has 0 radical (unpaired) electrons. The molecule has 2 heteroatoms. The zero-order chi connectivity index (χ0) is 14.4. The molecular weight excluding hydrogens is 244 g/mol. The number of benzene rings is 1. The molecule has 1 aromatic heterocycles. The van der Waals surface area contributed by atoms with Crippen LogP contribution >= 0.6 is 0 Å². The monoisotopic (exact) mass is 268 g/mol. The van der Waals surface area contributed by atoms with E-state index in [1.165, 1.54) is 16.7 Å². The first kappa shape index (κ1) is 14.7. The summed E-state index contributed by atoms with van der Waals surface area (Å²) in [5, 5.41) is 3.58. The van der Waals surface area contributed by atoms with Crippen molar-refractivity contribution >= 4 is 0 Å².